The van der Waals surface area contributed by atoms with Crippen molar-refractivity contribution >= 4 is 16.5 Å². The largest absolute Gasteiger partial charge is 0.346 e. The van der Waals surface area contributed by atoms with Crippen molar-refractivity contribution in [1.82, 2.24) is 9.88 Å². The quantitative estimate of drug-likeness (QED) is 0.861. The molecule has 4 nitrogen and oxygen atoms in total. The molecule has 0 amide bonds. The van der Waals surface area contributed by atoms with Crippen molar-refractivity contribution in [3.63, 3.8) is 0 Å². The zero-order valence-electron chi connectivity index (χ0n) is 12.7. The topological polar surface area (TPSA) is 43.2 Å². The van der Waals surface area contributed by atoms with E-state index >= 15 is 0 Å². The summed E-state index contributed by atoms with van der Waals surface area (Å²) in [7, 11) is 0. The van der Waals surface area contributed by atoms with E-state index < -0.39 is 0 Å². The fraction of sp³-hybridized carbons (Fsp3) is 0.750. The maximum atomic E-state index is 9.46. The SMILES string of the molecule is CCC1CCC(C#N)C(N2CCN(c3nccs3)CC2)C1. The van der Waals surface area contributed by atoms with Crippen LogP contribution < -0.4 is 4.90 Å². The summed E-state index contributed by atoms with van der Waals surface area (Å²) in [6, 6.07) is 3.05. The van der Waals surface area contributed by atoms with Crippen LogP contribution in [0, 0.1) is 23.2 Å². The number of thiazole rings is 1. The second kappa shape index (κ2) is 6.76. The van der Waals surface area contributed by atoms with E-state index in [9.17, 15) is 5.26 Å². The number of aromatic nitrogens is 1. The number of nitriles is 1. The van der Waals surface area contributed by atoms with E-state index in [0.717, 1.165) is 43.6 Å². The highest BCUT2D eigenvalue weighted by molar-refractivity contribution is 7.13. The van der Waals surface area contributed by atoms with Gasteiger partial charge in [-0.2, -0.15) is 5.26 Å². The molecule has 21 heavy (non-hydrogen) atoms. The fourth-order valence-electron chi connectivity index (χ4n) is 3.77. The lowest BCUT2D eigenvalue weighted by molar-refractivity contribution is 0.0940. The molecule has 1 aliphatic carbocycles. The van der Waals surface area contributed by atoms with Crippen LogP contribution in [0.1, 0.15) is 32.6 Å². The average Bonchev–Trinajstić information content (AvgIpc) is 3.09. The highest BCUT2D eigenvalue weighted by atomic mass is 32.1. The molecule has 1 aromatic heterocycles. The number of nitrogens with zero attached hydrogens (tertiary/aromatic N) is 4. The maximum absolute atomic E-state index is 9.46. The maximum Gasteiger partial charge on any atom is 0.185 e. The predicted octanol–water partition coefficient (Wildman–Crippen LogP) is 2.98. The number of anilines is 1. The molecule has 3 unspecified atom stereocenters. The first-order chi connectivity index (χ1) is 10.3. The molecule has 1 aliphatic heterocycles. The summed E-state index contributed by atoms with van der Waals surface area (Å²) in [4.78, 5) is 9.35. The lowest BCUT2D eigenvalue weighted by atomic mass is 9.77. The molecule has 0 aromatic carbocycles. The van der Waals surface area contributed by atoms with Crippen LogP contribution in [0.15, 0.2) is 11.6 Å². The third-order valence-electron chi connectivity index (χ3n) is 5.14. The normalized spacial score (nSPS) is 31.0. The van der Waals surface area contributed by atoms with Gasteiger partial charge < -0.3 is 4.90 Å². The Hall–Kier alpha value is -1.12. The van der Waals surface area contributed by atoms with Crippen LogP contribution in [-0.4, -0.2) is 42.1 Å². The molecule has 0 radical (unpaired) electrons. The minimum absolute atomic E-state index is 0.235. The molecule has 2 aliphatic rings. The zero-order chi connectivity index (χ0) is 14.7. The summed E-state index contributed by atoms with van der Waals surface area (Å²) in [6.07, 6.45) is 6.68. The summed E-state index contributed by atoms with van der Waals surface area (Å²) in [6.45, 7) is 6.50. The first kappa shape index (κ1) is 14.8. The van der Waals surface area contributed by atoms with Crippen molar-refractivity contribution in [1.29, 1.82) is 5.26 Å². The van der Waals surface area contributed by atoms with Crippen LogP contribution in [0.2, 0.25) is 0 Å². The molecule has 114 valence electrons. The predicted molar refractivity (Wildman–Crippen MR) is 86.4 cm³/mol. The van der Waals surface area contributed by atoms with Gasteiger partial charge in [0.15, 0.2) is 5.13 Å². The van der Waals surface area contributed by atoms with Crippen LogP contribution in [-0.2, 0) is 0 Å². The number of piperazine rings is 1. The Kier molecular flexibility index (Phi) is 4.77. The van der Waals surface area contributed by atoms with E-state index in [1.165, 1.54) is 19.3 Å². The lowest BCUT2D eigenvalue weighted by Crippen LogP contribution is -2.53. The van der Waals surface area contributed by atoms with Gasteiger partial charge in [-0.3, -0.25) is 4.90 Å². The van der Waals surface area contributed by atoms with Gasteiger partial charge in [0, 0.05) is 43.8 Å². The van der Waals surface area contributed by atoms with Crippen LogP contribution in [0.3, 0.4) is 0 Å². The highest BCUT2D eigenvalue weighted by Crippen LogP contribution is 2.34. The van der Waals surface area contributed by atoms with Crippen molar-refractivity contribution in [2.45, 2.75) is 38.6 Å². The Morgan fingerprint density at radius 1 is 1.33 bits per heavy atom. The van der Waals surface area contributed by atoms with Gasteiger partial charge in [0.1, 0.15) is 0 Å². The Labute approximate surface area is 131 Å². The summed E-state index contributed by atoms with van der Waals surface area (Å²) in [5.74, 6) is 1.05. The van der Waals surface area contributed by atoms with Crippen molar-refractivity contribution in [2.24, 2.45) is 11.8 Å². The van der Waals surface area contributed by atoms with Crippen molar-refractivity contribution < 1.29 is 0 Å². The summed E-state index contributed by atoms with van der Waals surface area (Å²) in [5, 5.41) is 12.6. The van der Waals surface area contributed by atoms with E-state index in [0.29, 0.717) is 6.04 Å². The highest BCUT2D eigenvalue weighted by Gasteiger charge is 2.35. The van der Waals surface area contributed by atoms with Gasteiger partial charge in [-0.05, 0) is 25.2 Å². The molecule has 1 aromatic rings. The first-order valence-electron chi connectivity index (χ1n) is 8.10. The molecule has 0 spiro atoms. The van der Waals surface area contributed by atoms with Crippen molar-refractivity contribution in [3.05, 3.63) is 11.6 Å². The van der Waals surface area contributed by atoms with Crippen LogP contribution in [0.4, 0.5) is 5.13 Å². The van der Waals surface area contributed by atoms with Crippen molar-refractivity contribution in [3.8, 4) is 6.07 Å². The van der Waals surface area contributed by atoms with Gasteiger partial charge in [-0.1, -0.05) is 13.3 Å². The molecule has 0 bridgehead atoms. The second-order valence-corrected chi connectivity index (χ2v) is 7.10. The van der Waals surface area contributed by atoms with Gasteiger partial charge in [-0.15, -0.1) is 11.3 Å². The van der Waals surface area contributed by atoms with E-state index in [4.69, 9.17) is 0 Å². The van der Waals surface area contributed by atoms with Gasteiger partial charge in [-0.25, -0.2) is 4.98 Å². The Morgan fingerprint density at radius 3 is 2.76 bits per heavy atom. The number of hydrogen-bond donors (Lipinski definition) is 0. The molecule has 2 fully saturated rings. The monoisotopic (exact) mass is 304 g/mol. The van der Waals surface area contributed by atoms with Crippen LogP contribution in [0.25, 0.3) is 0 Å². The van der Waals surface area contributed by atoms with E-state index in [-0.39, 0.29) is 5.92 Å². The molecule has 1 saturated carbocycles. The van der Waals surface area contributed by atoms with E-state index in [1.54, 1.807) is 11.3 Å². The smallest absolute Gasteiger partial charge is 0.185 e. The first-order valence-corrected chi connectivity index (χ1v) is 8.98. The Morgan fingerprint density at radius 2 is 2.14 bits per heavy atom. The van der Waals surface area contributed by atoms with Gasteiger partial charge in [0.2, 0.25) is 0 Å². The molecule has 5 heteroatoms. The Balaban J connectivity index is 1.61. The molecule has 2 heterocycles. The van der Waals surface area contributed by atoms with Crippen molar-refractivity contribution in [2.75, 3.05) is 31.1 Å². The van der Waals surface area contributed by atoms with E-state index in [1.807, 2.05) is 11.6 Å². The molecular weight excluding hydrogens is 280 g/mol. The van der Waals surface area contributed by atoms with Crippen LogP contribution >= 0.6 is 11.3 Å². The lowest BCUT2D eigenvalue weighted by Gasteiger charge is -2.44. The molecule has 0 N–H and O–H groups in total. The third kappa shape index (κ3) is 3.22. The molecular formula is C16H24N4S. The fourth-order valence-corrected chi connectivity index (χ4v) is 4.47. The molecule has 3 rings (SSSR count). The summed E-state index contributed by atoms with van der Waals surface area (Å²) >= 11 is 1.72. The zero-order valence-corrected chi connectivity index (χ0v) is 13.6. The molecule has 3 atom stereocenters. The second-order valence-electron chi connectivity index (χ2n) is 6.23. The van der Waals surface area contributed by atoms with Gasteiger partial charge in [0.05, 0.1) is 12.0 Å². The minimum atomic E-state index is 0.235. The Bertz CT molecular complexity index is 473. The van der Waals surface area contributed by atoms with Gasteiger partial charge >= 0.3 is 0 Å². The minimum Gasteiger partial charge on any atom is -0.346 e. The average molecular weight is 304 g/mol. The summed E-state index contributed by atoms with van der Waals surface area (Å²) in [5.41, 5.74) is 0. The summed E-state index contributed by atoms with van der Waals surface area (Å²) < 4.78 is 0. The number of hydrogen-bond acceptors (Lipinski definition) is 5. The van der Waals surface area contributed by atoms with E-state index in [2.05, 4.69) is 27.8 Å². The standard InChI is InChI=1S/C16H24N4S/c1-2-13-3-4-14(12-17)15(11-13)19-6-8-20(9-7-19)16-18-5-10-21-16/h5,10,13-15H,2-4,6-9,11H2,1H3. The third-order valence-corrected chi connectivity index (χ3v) is 5.97. The molecule has 1 saturated heterocycles. The van der Waals surface area contributed by atoms with Gasteiger partial charge in [0.25, 0.3) is 0 Å². The van der Waals surface area contributed by atoms with Crippen LogP contribution in [0.5, 0.6) is 0 Å². The number of rotatable bonds is 3.